The Morgan fingerprint density at radius 1 is 1.47 bits per heavy atom. The van der Waals surface area contributed by atoms with E-state index in [2.05, 4.69) is 26.1 Å². The normalized spacial score (nSPS) is 22.1. The highest BCUT2D eigenvalue weighted by atomic mass is 16.2. The van der Waals surface area contributed by atoms with Crippen LogP contribution in [0, 0.1) is 5.92 Å². The molecule has 15 heavy (non-hydrogen) atoms. The molecule has 1 aliphatic rings. The van der Waals surface area contributed by atoms with Crippen LogP contribution in [0.2, 0.25) is 0 Å². The van der Waals surface area contributed by atoms with Gasteiger partial charge < -0.3 is 10.2 Å². The molecule has 1 rings (SSSR count). The minimum atomic E-state index is 0.345. The second kappa shape index (κ2) is 6.11. The van der Waals surface area contributed by atoms with E-state index in [0.717, 1.165) is 38.9 Å². The Morgan fingerprint density at radius 2 is 2.13 bits per heavy atom. The van der Waals surface area contributed by atoms with Crippen LogP contribution in [0.15, 0.2) is 0 Å². The van der Waals surface area contributed by atoms with Gasteiger partial charge in [0.05, 0.1) is 0 Å². The number of nitrogens with one attached hydrogen (secondary N) is 1. The maximum atomic E-state index is 12.0. The summed E-state index contributed by atoms with van der Waals surface area (Å²) < 4.78 is 0. The molecule has 1 heterocycles. The lowest BCUT2D eigenvalue weighted by molar-refractivity contribution is -0.135. The lowest BCUT2D eigenvalue weighted by Gasteiger charge is -2.34. The van der Waals surface area contributed by atoms with Gasteiger partial charge in [-0.25, -0.2) is 0 Å². The van der Waals surface area contributed by atoms with Gasteiger partial charge in [-0.1, -0.05) is 26.7 Å². The van der Waals surface area contributed by atoms with Crippen LogP contribution in [0.5, 0.6) is 0 Å². The van der Waals surface area contributed by atoms with Crippen molar-refractivity contribution in [1.82, 2.24) is 10.2 Å². The molecule has 0 saturated carbocycles. The quantitative estimate of drug-likeness (QED) is 0.768. The van der Waals surface area contributed by atoms with E-state index in [4.69, 9.17) is 0 Å². The first-order valence-corrected chi connectivity index (χ1v) is 6.19. The van der Waals surface area contributed by atoms with Crippen molar-refractivity contribution in [3.8, 4) is 0 Å². The molecule has 1 saturated heterocycles. The molecule has 1 amide bonds. The standard InChI is InChI=1S/C12H24N2O/c1-4-11(5-2)8-12(15)14-7-6-13-9-10(14)3/h10-11,13H,4-9H2,1-3H3. The Bertz CT molecular complexity index is 202. The molecule has 0 radical (unpaired) electrons. The predicted molar refractivity (Wildman–Crippen MR) is 62.7 cm³/mol. The van der Waals surface area contributed by atoms with Gasteiger partial charge in [0.1, 0.15) is 0 Å². The highest BCUT2D eigenvalue weighted by Crippen LogP contribution is 2.15. The van der Waals surface area contributed by atoms with Crippen molar-refractivity contribution in [2.75, 3.05) is 19.6 Å². The number of carbonyl (C=O) groups is 1. The number of piperazine rings is 1. The van der Waals surface area contributed by atoms with Gasteiger partial charge in [0, 0.05) is 32.1 Å². The summed E-state index contributed by atoms with van der Waals surface area (Å²) in [6.45, 7) is 9.22. The molecule has 3 heteroatoms. The lowest BCUT2D eigenvalue weighted by atomic mass is 9.98. The Labute approximate surface area is 93.2 Å². The molecule has 0 bridgehead atoms. The van der Waals surface area contributed by atoms with Crippen LogP contribution in [-0.4, -0.2) is 36.5 Å². The third-order valence-electron chi connectivity index (χ3n) is 3.44. The zero-order valence-corrected chi connectivity index (χ0v) is 10.3. The van der Waals surface area contributed by atoms with Gasteiger partial charge in [0.15, 0.2) is 0 Å². The summed E-state index contributed by atoms with van der Waals surface area (Å²) in [5.74, 6) is 0.914. The van der Waals surface area contributed by atoms with Crippen molar-refractivity contribution in [1.29, 1.82) is 0 Å². The summed E-state index contributed by atoms with van der Waals surface area (Å²) in [5, 5.41) is 3.31. The molecular weight excluding hydrogens is 188 g/mol. The van der Waals surface area contributed by atoms with Crippen LogP contribution in [0.1, 0.15) is 40.0 Å². The molecule has 0 aromatic carbocycles. The molecule has 1 N–H and O–H groups in total. The van der Waals surface area contributed by atoms with Gasteiger partial charge in [0.2, 0.25) is 5.91 Å². The summed E-state index contributed by atoms with van der Waals surface area (Å²) in [6.07, 6.45) is 2.96. The second-order valence-corrected chi connectivity index (χ2v) is 4.53. The molecule has 1 aliphatic heterocycles. The maximum absolute atomic E-state index is 12.0. The highest BCUT2D eigenvalue weighted by Gasteiger charge is 2.24. The third-order valence-corrected chi connectivity index (χ3v) is 3.44. The van der Waals surface area contributed by atoms with Gasteiger partial charge in [-0.3, -0.25) is 4.79 Å². The van der Waals surface area contributed by atoms with E-state index < -0.39 is 0 Å². The summed E-state index contributed by atoms with van der Waals surface area (Å²) in [7, 11) is 0. The van der Waals surface area contributed by atoms with Crippen LogP contribution < -0.4 is 5.32 Å². The minimum absolute atomic E-state index is 0.345. The first-order chi connectivity index (χ1) is 7.19. The van der Waals surface area contributed by atoms with Gasteiger partial charge >= 0.3 is 0 Å². The zero-order chi connectivity index (χ0) is 11.3. The van der Waals surface area contributed by atoms with Gasteiger partial charge in [0.25, 0.3) is 0 Å². The number of nitrogens with zero attached hydrogens (tertiary/aromatic N) is 1. The van der Waals surface area contributed by atoms with Crippen LogP contribution in [0.4, 0.5) is 0 Å². The average molecular weight is 212 g/mol. The molecule has 88 valence electrons. The van der Waals surface area contributed by atoms with Crippen molar-refractivity contribution in [2.45, 2.75) is 46.1 Å². The van der Waals surface area contributed by atoms with Crippen molar-refractivity contribution in [3.63, 3.8) is 0 Å². The molecule has 0 aliphatic carbocycles. The van der Waals surface area contributed by atoms with E-state index in [0.29, 0.717) is 17.9 Å². The molecule has 0 spiro atoms. The fourth-order valence-corrected chi connectivity index (χ4v) is 2.15. The molecule has 0 aromatic rings. The van der Waals surface area contributed by atoms with Crippen LogP contribution in [0.25, 0.3) is 0 Å². The van der Waals surface area contributed by atoms with Crippen molar-refractivity contribution in [2.24, 2.45) is 5.92 Å². The summed E-state index contributed by atoms with van der Waals surface area (Å²) >= 11 is 0. The summed E-state index contributed by atoms with van der Waals surface area (Å²) in [4.78, 5) is 14.1. The SMILES string of the molecule is CCC(CC)CC(=O)N1CCNCC1C. The van der Waals surface area contributed by atoms with E-state index in [9.17, 15) is 4.79 Å². The molecule has 1 atom stereocenters. The first kappa shape index (κ1) is 12.5. The highest BCUT2D eigenvalue weighted by molar-refractivity contribution is 5.76. The number of rotatable bonds is 4. The van der Waals surface area contributed by atoms with E-state index in [1.165, 1.54) is 0 Å². The number of hydrogen-bond acceptors (Lipinski definition) is 2. The molecule has 0 aromatic heterocycles. The maximum Gasteiger partial charge on any atom is 0.223 e. The van der Waals surface area contributed by atoms with Crippen molar-refractivity contribution < 1.29 is 4.79 Å². The van der Waals surface area contributed by atoms with E-state index in [1.807, 2.05) is 4.90 Å². The Hall–Kier alpha value is -0.570. The predicted octanol–water partition coefficient (Wildman–Crippen LogP) is 1.63. The van der Waals surface area contributed by atoms with Gasteiger partial charge in [-0.15, -0.1) is 0 Å². The topological polar surface area (TPSA) is 32.3 Å². The van der Waals surface area contributed by atoms with Crippen LogP contribution in [-0.2, 0) is 4.79 Å². The average Bonchev–Trinajstić information content (AvgIpc) is 2.26. The Balaban J connectivity index is 2.44. The second-order valence-electron chi connectivity index (χ2n) is 4.53. The third kappa shape index (κ3) is 3.49. The first-order valence-electron chi connectivity index (χ1n) is 6.19. The smallest absolute Gasteiger partial charge is 0.223 e. The molecule has 1 fully saturated rings. The van der Waals surface area contributed by atoms with Crippen LogP contribution >= 0.6 is 0 Å². The Morgan fingerprint density at radius 3 is 2.67 bits per heavy atom. The van der Waals surface area contributed by atoms with E-state index >= 15 is 0 Å². The van der Waals surface area contributed by atoms with E-state index in [-0.39, 0.29) is 0 Å². The summed E-state index contributed by atoms with van der Waals surface area (Å²) in [6, 6.07) is 0.362. The minimum Gasteiger partial charge on any atom is -0.337 e. The zero-order valence-electron chi connectivity index (χ0n) is 10.3. The number of carbonyl (C=O) groups excluding carboxylic acids is 1. The van der Waals surface area contributed by atoms with Crippen molar-refractivity contribution >= 4 is 5.91 Å². The Kier molecular flexibility index (Phi) is 5.09. The number of amides is 1. The van der Waals surface area contributed by atoms with Gasteiger partial charge in [-0.05, 0) is 12.8 Å². The molecular formula is C12H24N2O. The number of hydrogen-bond donors (Lipinski definition) is 1. The van der Waals surface area contributed by atoms with Crippen molar-refractivity contribution in [3.05, 3.63) is 0 Å². The summed E-state index contributed by atoms with van der Waals surface area (Å²) in [5.41, 5.74) is 0. The fraction of sp³-hybridized carbons (Fsp3) is 0.917. The van der Waals surface area contributed by atoms with E-state index in [1.54, 1.807) is 0 Å². The van der Waals surface area contributed by atoms with Crippen LogP contribution in [0.3, 0.4) is 0 Å². The monoisotopic (exact) mass is 212 g/mol. The molecule has 1 unspecified atom stereocenters. The largest absolute Gasteiger partial charge is 0.337 e. The fourth-order valence-electron chi connectivity index (χ4n) is 2.15. The van der Waals surface area contributed by atoms with Gasteiger partial charge in [-0.2, -0.15) is 0 Å². The lowest BCUT2D eigenvalue weighted by Crippen LogP contribution is -2.52. The molecule has 3 nitrogen and oxygen atoms in total.